The van der Waals surface area contributed by atoms with Crippen LogP contribution in [0.25, 0.3) is 11.4 Å². The number of nitrogens with one attached hydrogen (secondary N) is 1. The van der Waals surface area contributed by atoms with Gasteiger partial charge in [0.25, 0.3) is 0 Å². The molecule has 1 aliphatic rings. The summed E-state index contributed by atoms with van der Waals surface area (Å²) in [5.41, 5.74) is 2.45. The summed E-state index contributed by atoms with van der Waals surface area (Å²) >= 11 is 5.64. The fraction of sp³-hybridized carbons (Fsp3) is 0.571. The normalized spacial score (nSPS) is 18.2. The van der Waals surface area contributed by atoms with Crippen molar-refractivity contribution in [2.45, 2.75) is 58.2 Å². The van der Waals surface area contributed by atoms with Crippen LogP contribution in [0, 0.1) is 4.77 Å². The lowest BCUT2D eigenvalue weighted by Gasteiger charge is -2.33. The van der Waals surface area contributed by atoms with Crippen LogP contribution in [0.1, 0.15) is 45.6 Å². The maximum atomic E-state index is 12.2. The quantitative estimate of drug-likeness (QED) is 0.797. The van der Waals surface area contributed by atoms with E-state index in [-0.39, 0.29) is 17.4 Å². The van der Waals surface area contributed by atoms with Gasteiger partial charge in [-0.2, -0.15) is 5.10 Å². The van der Waals surface area contributed by atoms with Crippen molar-refractivity contribution in [1.29, 1.82) is 0 Å². The first-order chi connectivity index (χ1) is 13.2. The first-order valence-electron chi connectivity index (χ1n) is 9.93. The summed E-state index contributed by atoms with van der Waals surface area (Å²) in [7, 11) is 3.65. The molecule has 28 heavy (non-hydrogen) atoms. The Kier molecular flexibility index (Phi) is 6.05. The summed E-state index contributed by atoms with van der Waals surface area (Å²) in [5, 5.41) is 7.57. The van der Waals surface area contributed by atoms with E-state index in [2.05, 4.69) is 55.3 Å². The van der Waals surface area contributed by atoms with Gasteiger partial charge in [-0.15, -0.1) is 0 Å². The highest BCUT2D eigenvalue weighted by atomic mass is 32.1. The molecule has 0 spiro atoms. The van der Waals surface area contributed by atoms with Crippen LogP contribution in [-0.4, -0.2) is 44.8 Å². The molecule has 1 unspecified atom stereocenters. The van der Waals surface area contributed by atoms with Gasteiger partial charge in [0.1, 0.15) is 0 Å². The largest absolute Gasteiger partial charge is 0.358 e. The Bertz CT molecular complexity index is 891. The Hall–Kier alpha value is -1.99. The van der Waals surface area contributed by atoms with E-state index in [1.54, 1.807) is 7.05 Å². The van der Waals surface area contributed by atoms with Crippen LogP contribution in [0.5, 0.6) is 0 Å². The standard InChI is InChI=1S/C21H31N5OS/c1-21(2,3)16-11-9-15(10-12-16)18-23-26(20(28)24(18)5)14-25-13-7-6-8-17(25)19(27)22-4/h9-12,17H,6-8,13-14H2,1-5H3,(H,22,27). The fourth-order valence-corrected chi connectivity index (χ4v) is 3.93. The van der Waals surface area contributed by atoms with Gasteiger partial charge in [-0.25, -0.2) is 4.68 Å². The minimum atomic E-state index is -0.114. The number of nitrogens with zero attached hydrogens (tertiary/aromatic N) is 4. The molecular weight excluding hydrogens is 370 g/mol. The lowest BCUT2D eigenvalue weighted by atomic mass is 9.87. The van der Waals surface area contributed by atoms with Crippen molar-refractivity contribution < 1.29 is 4.79 Å². The molecular formula is C21H31N5OS. The van der Waals surface area contributed by atoms with Crippen molar-refractivity contribution in [2.24, 2.45) is 7.05 Å². The van der Waals surface area contributed by atoms with Crippen molar-refractivity contribution in [3.05, 3.63) is 34.6 Å². The Balaban J connectivity index is 1.87. The predicted molar refractivity (Wildman–Crippen MR) is 115 cm³/mol. The molecule has 2 aromatic rings. The molecule has 1 N–H and O–H groups in total. The number of rotatable bonds is 4. The van der Waals surface area contributed by atoms with Gasteiger partial charge in [-0.05, 0) is 36.0 Å². The van der Waals surface area contributed by atoms with Gasteiger partial charge in [-0.1, -0.05) is 51.5 Å². The van der Waals surface area contributed by atoms with Gasteiger partial charge in [0.05, 0.1) is 12.7 Å². The van der Waals surface area contributed by atoms with E-state index in [0.29, 0.717) is 11.4 Å². The predicted octanol–water partition coefficient (Wildman–Crippen LogP) is 3.47. The molecule has 0 aliphatic carbocycles. The van der Waals surface area contributed by atoms with E-state index >= 15 is 0 Å². The van der Waals surface area contributed by atoms with Crippen LogP contribution < -0.4 is 5.32 Å². The number of piperidine rings is 1. The zero-order valence-corrected chi connectivity index (χ0v) is 18.3. The molecule has 0 saturated carbocycles. The molecule has 1 aliphatic heterocycles. The van der Waals surface area contributed by atoms with Crippen LogP contribution in [0.3, 0.4) is 0 Å². The topological polar surface area (TPSA) is 55.1 Å². The molecule has 0 bridgehead atoms. The Morgan fingerprint density at radius 2 is 1.93 bits per heavy atom. The number of hydrogen-bond donors (Lipinski definition) is 1. The number of amides is 1. The second-order valence-corrected chi connectivity index (χ2v) is 8.94. The highest BCUT2D eigenvalue weighted by Crippen LogP contribution is 2.26. The first-order valence-corrected chi connectivity index (χ1v) is 10.3. The second kappa shape index (κ2) is 8.17. The van der Waals surface area contributed by atoms with E-state index < -0.39 is 0 Å². The number of carbonyl (C=O) groups excluding carboxylic acids is 1. The average Bonchev–Trinajstić information content (AvgIpc) is 2.96. The number of likely N-dealkylation sites (tertiary alicyclic amines) is 1. The molecule has 6 nitrogen and oxygen atoms in total. The van der Waals surface area contributed by atoms with Crippen LogP contribution in [0.2, 0.25) is 0 Å². The zero-order chi connectivity index (χ0) is 20.5. The summed E-state index contributed by atoms with van der Waals surface area (Å²) < 4.78 is 4.44. The van der Waals surface area contributed by atoms with Crippen molar-refractivity contribution in [2.75, 3.05) is 13.6 Å². The van der Waals surface area contributed by atoms with Crippen LogP contribution in [-0.2, 0) is 23.9 Å². The van der Waals surface area contributed by atoms with E-state index in [1.807, 2.05) is 16.3 Å². The van der Waals surface area contributed by atoms with E-state index in [1.165, 1.54) is 5.56 Å². The molecule has 7 heteroatoms. The van der Waals surface area contributed by atoms with Crippen molar-refractivity contribution in [3.63, 3.8) is 0 Å². The number of benzene rings is 1. The number of likely N-dealkylation sites (N-methyl/N-ethyl adjacent to an activating group) is 1. The molecule has 1 fully saturated rings. The molecule has 1 amide bonds. The van der Waals surface area contributed by atoms with Crippen molar-refractivity contribution in [3.8, 4) is 11.4 Å². The number of carbonyl (C=O) groups is 1. The van der Waals surface area contributed by atoms with Gasteiger partial charge >= 0.3 is 0 Å². The Morgan fingerprint density at radius 3 is 2.54 bits per heavy atom. The van der Waals surface area contributed by atoms with Crippen LogP contribution in [0.4, 0.5) is 0 Å². The van der Waals surface area contributed by atoms with Gasteiger partial charge in [0.2, 0.25) is 5.91 Å². The van der Waals surface area contributed by atoms with Gasteiger partial charge in [0, 0.05) is 26.2 Å². The maximum absolute atomic E-state index is 12.2. The summed E-state index contributed by atoms with van der Waals surface area (Å²) in [6, 6.07) is 8.41. The summed E-state index contributed by atoms with van der Waals surface area (Å²) in [4.78, 5) is 14.4. The molecule has 1 aromatic carbocycles. The second-order valence-electron chi connectivity index (χ2n) is 8.57. The fourth-order valence-electron chi connectivity index (χ4n) is 3.75. The van der Waals surface area contributed by atoms with Crippen LogP contribution in [0.15, 0.2) is 24.3 Å². The highest BCUT2D eigenvalue weighted by molar-refractivity contribution is 7.71. The third kappa shape index (κ3) is 4.20. The third-order valence-corrected chi connectivity index (χ3v) is 6.01. The molecule has 3 rings (SSSR count). The monoisotopic (exact) mass is 401 g/mol. The van der Waals surface area contributed by atoms with Gasteiger partial charge < -0.3 is 9.88 Å². The molecule has 2 heterocycles. The Morgan fingerprint density at radius 1 is 1.25 bits per heavy atom. The molecule has 1 atom stereocenters. The summed E-state index contributed by atoms with van der Waals surface area (Å²) in [5.74, 6) is 0.916. The Labute approximate surface area is 172 Å². The number of hydrogen-bond acceptors (Lipinski definition) is 4. The third-order valence-electron chi connectivity index (χ3n) is 5.53. The van der Waals surface area contributed by atoms with Crippen molar-refractivity contribution >= 4 is 18.1 Å². The lowest BCUT2D eigenvalue weighted by molar-refractivity contribution is -0.128. The average molecular weight is 402 g/mol. The molecule has 0 radical (unpaired) electrons. The maximum Gasteiger partial charge on any atom is 0.237 e. The van der Waals surface area contributed by atoms with Crippen molar-refractivity contribution in [1.82, 2.24) is 24.6 Å². The minimum Gasteiger partial charge on any atom is -0.358 e. The molecule has 1 saturated heterocycles. The van der Waals surface area contributed by atoms with E-state index in [0.717, 1.165) is 37.2 Å². The summed E-state index contributed by atoms with van der Waals surface area (Å²) in [6.45, 7) is 8.04. The SMILES string of the molecule is CNC(=O)C1CCCCN1Cn1nc(-c2ccc(C(C)(C)C)cc2)n(C)c1=S. The lowest BCUT2D eigenvalue weighted by Crippen LogP contribution is -2.49. The summed E-state index contributed by atoms with van der Waals surface area (Å²) in [6.07, 6.45) is 3.04. The smallest absolute Gasteiger partial charge is 0.237 e. The molecule has 1 aromatic heterocycles. The van der Waals surface area contributed by atoms with Gasteiger partial charge in [-0.3, -0.25) is 9.69 Å². The zero-order valence-electron chi connectivity index (χ0n) is 17.5. The minimum absolute atomic E-state index is 0.0696. The number of aromatic nitrogens is 3. The van der Waals surface area contributed by atoms with E-state index in [4.69, 9.17) is 17.3 Å². The first kappa shape index (κ1) is 20.7. The highest BCUT2D eigenvalue weighted by Gasteiger charge is 2.28. The molecule has 152 valence electrons. The van der Waals surface area contributed by atoms with E-state index in [9.17, 15) is 4.79 Å². The van der Waals surface area contributed by atoms with Gasteiger partial charge in [0.15, 0.2) is 10.6 Å². The van der Waals surface area contributed by atoms with Crippen LogP contribution >= 0.6 is 12.2 Å².